The van der Waals surface area contributed by atoms with Gasteiger partial charge in [0.25, 0.3) is 0 Å². The fourth-order valence-electron chi connectivity index (χ4n) is 2.18. The second kappa shape index (κ2) is 6.37. The van der Waals surface area contributed by atoms with Gasteiger partial charge in [0.05, 0.1) is 11.5 Å². The highest BCUT2D eigenvalue weighted by molar-refractivity contribution is 7.89. The molecule has 1 aliphatic rings. The molecule has 0 saturated carbocycles. The van der Waals surface area contributed by atoms with Crippen molar-refractivity contribution in [2.75, 3.05) is 32.1 Å². The third kappa shape index (κ3) is 3.49. The first-order valence-electron chi connectivity index (χ1n) is 6.48. The molecular formula is C12H17N3O5S. The fourth-order valence-corrected chi connectivity index (χ4v) is 3.49. The molecule has 1 aromatic carbocycles. The first kappa shape index (κ1) is 15.7. The summed E-state index contributed by atoms with van der Waals surface area (Å²) in [5, 5.41) is 13.8. The van der Waals surface area contributed by atoms with Crippen molar-refractivity contribution in [3.8, 4) is 0 Å². The summed E-state index contributed by atoms with van der Waals surface area (Å²) in [4.78, 5) is 10.1. The topological polar surface area (TPSA) is 111 Å². The Morgan fingerprint density at radius 1 is 1.48 bits per heavy atom. The van der Waals surface area contributed by atoms with Crippen molar-refractivity contribution in [1.82, 2.24) is 4.72 Å². The number of nitro groups is 1. The summed E-state index contributed by atoms with van der Waals surface area (Å²) in [6, 6.07) is 4.15. The Bertz CT molecular complexity index is 626. The molecule has 2 rings (SSSR count). The highest BCUT2D eigenvalue weighted by Gasteiger charge is 2.29. The molecule has 9 heteroatoms. The van der Waals surface area contributed by atoms with Gasteiger partial charge in [-0.2, -0.15) is 0 Å². The molecule has 116 valence electrons. The normalized spacial score (nSPS) is 18.6. The maximum Gasteiger partial charge on any atom is 0.312 e. The molecule has 1 atom stereocenters. The maximum absolute atomic E-state index is 12.3. The van der Waals surface area contributed by atoms with E-state index in [0.29, 0.717) is 13.2 Å². The Balaban J connectivity index is 2.28. The number of nitrogens with one attached hydrogen (secondary N) is 2. The smallest absolute Gasteiger partial charge is 0.312 e. The molecule has 1 saturated heterocycles. The zero-order chi connectivity index (χ0) is 15.5. The maximum atomic E-state index is 12.3. The van der Waals surface area contributed by atoms with Gasteiger partial charge < -0.3 is 10.1 Å². The van der Waals surface area contributed by atoms with Crippen LogP contribution in [-0.2, 0) is 14.8 Å². The van der Waals surface area contributed by atoms with Crippen molar-refractivity contribution >= 4 is 21.4 Å². The van der Waals surface area contributed by atoms with Gasteiger partial charge in [-0.1, -0.05) is 6.07 Å². The van der Waals surface area contributed by atoms with E-state index in [1.807, 2.05) is 0 Å². The largest absolute Gasteiger partial charge is 0.383 e. The van der Waals surface area contributed by atoms with E-state index in [1.165, 1.54) is 25.2 Å². The molecule has 8 nitrogen and oxygen atoms in total. The van der Waals surface area contributed by atoms with E-state index in [0.717, 1.165) is 6.42 Å². The molecule has 1 aromatic rings. The van der Waals surface area contributed by atoms with Crippen molar-refractivity contribution in [1.29, 1.82) is 0 Å². The van der Waals surface area contributed by atoms with E-state index in [9.17, 15) is 18.5 Å². The molecule has 0 aliphatic carbocycles. The average Bonchev–Trinajstić information content (AvgIpc) is 2.97. The van der Waals surface area contributed by atoms with Crippen LogP contribution < -0.4 is 10.0 Å². The van der Waals surface area contributed by atoms with Crippen LogP contribution in [0.2, 0.25) is 0 Å². The highest BCUT2D eigenvalue weighted by atomic mass is 32.2. The van der Waals surface area contributed by atoms with Crippen LogP contribution >= 0.6 is 0 Å². The van der Waals surface area contributed by atoms with Crippen LogP contribution in [0.15, 0.2) is 23.1 Å². The number of para-hydroxylation sites is 1. The summed E-state index contributed by atoms with van der Waals surface area (Å²) in [7, 11) is -2.44. The highest BCUT2D eigenvalue weighted by Crippen LogP contribution is 2.31. The molecule has 0 aromatic heterocycles. The molecule has 0 radical (unpaired) electrons. The zero-order valence-corrected chi connectivity index (χ0v) is 12.4. The lowest BCUT2D eigenvalue weighted by Crippen LogP contribution is -2.30. The fraction of sp³-hybridized carbons (Fsp3) is 0.500. The van der Waals surface area contributed by atoms with Crippen molar-refractivity contribution < 1.29 is 18.1 Å². The van der Waals surface area contributed by atoms with Crippen LogP contribution in [0.3, 0.4) is 0 Å². The standard InChI is InChI=1S/C12H17N3O5S/c1-13-10-3-2-4-11(12(10)15(16)17)21(18,19)14-7-9-5-6-20-8-9/h2-4,9,13-14H,5-8H2,1H3. The lowest BCUT2D eigenvalue weighted by molar-refractivity contribution is -0.386. The molecule has 1 unspecified atom stereocenters. The van der Waals surface area contributed by atoms with E-state index in [2.05, 4.69) is 10.0 Å². The van der Waals surface area contributed by atoms with E-state index in [4.69, 9.17) is 4.74 Å². The van der Waals surface area contributed by atoms with Crippen molar-refractivity contribution in [2.24, 2.45) is 5.92 Å². The number of sulfonamides is 1. The Hall–Kier alpha value is -1.71. The number of rotatable bonds is 6. The molecule has 0 spiro atoms. The number of ether oxygens (including phenoxy) is 1. The van der Waals surface area contributed by atoms with Crippen molar-refractivity contribution in [2.45, 2.75) is 11.3 Å². The quantitative estimate of drug-likeness (QED) is 0.597. The van der Waals surface area contributed by atoms with Crippen molar-refractivity contribution in [3.63, 3.8) is 0 Å². The number of hydrogen-bond acceptors (Lipinski definition) is 6. The minimum absolute atomic E-state index is 0.103. The van der Waals surface area contributed by atoms with Crippen LogP contribution in [0.4, 0.5) is 11.4 Å². The Labute approximate surface area is 122 Å². The molecule has 2 N–H and O–H groups in total. The molecule has 1 aliphatic heterocycles. The summed E-state index contributed by atoms with van der Waals surface area (Å²) < 4.78 is 32.2. The number of anilines is 1. The molecule has 1 fully saturated rings. The lowest BCUT2D eigenvalue weighted by atomic mass is 10.1. The molecule has 0 amide bonds. The first-order valence-corrected chi connectivity index (χ1v) is 7.96. The second-order valence-corrected chi connectivity index (χ2v) is 6.48. The number of nitrogens with zero attached hydrogens (tertiary/aromatic N) is 1. The number of benzene rings is 1. The van der Waals surface area contributed by atoms with Crippen LogP contribution in [0.5, 0.6) is 0 Å². The third-order valence-corrected chi connectivity index (χ3v) is 4.78. The summed E-state index contributed by atoms with van der Waals surface area (Å²) in [5.41, 5.74) is -0.290. The van der Waals surface area contributed by atoms with Gasteiger partial charge in [0.1, 0.15) is 5.69 Å². The molecule has 0 bridgehead atoms. The first-order chi connectivity index (χ1) is 9.95. The van der Waals surface area contributed by atoms with Gasteiger partial charge in [-0.3, -0.25) is 10.1 Å². The van der Waals surface area contributed by atoms with Crippen LogP contribution in [0.1, 0.15) is 6.42 Å². The minimum Gasteiger partial charge on any atom is -0.383 e. The number of hydrogen-bond donors (Lipinski definition) is 2. The van der Waals surface area contributed by atoms with Crippen molar-refractivity contribution in [3.05, 3.63) is 28.3 Å². The summed E-state index contributed by atoms with van der Waals surface area (Å²) in [6.45, 7) is 1.33. The SMILES string of the molecule is CNc1cccc(S(=O)(=O)NCC2CCOC2)c1[N+](=O)[O-]. The molecule has 1 heterocycles. The van der Waals surface area contributed by atoms with Gasteiger partial charge in [0.15, 0.2) is 4.90 Å². The van der Waals surface area contributed by atoms with Gasteiger partial charge in [-0.05, 0) is 24.5 Å². The minimum atomic E-state index is -3.94. The van der Waals surface area contributed by atoms with E-state index in [-0.39, 0.29) is 23.0 Å². The van der Waals surface area contributed by atoms with Crippen LogP contribution in [0.25, 0.3) is 0 Å². The van der Waals surface area contributed by atoms with E-state index >= 15 is 0 Å². The van der Waals surface area contributed by atoms with Gasteiger partial charge in [-0.25, -0.2) is 13.1 Å². The Kier molecular flexibility index (Phi) is 4.76. The summed E-state index contributed by atoms with van der Waals surface area (Å²) in [6.07, 6.45) is 0.779. The van der Waals surface area contributed by atoms with Gasteiger partial charge in [0, 0.05) is 20.2 Å². The molecule has 21 heavy (non-hydrogen) atoms. The Morgan fingerprint density at radius 3 is 2.81 bits per heavy atom. The van der Waals surface area contributed by atoms with Crippen LogP contribution in [-0.4, -0.2) is 40.1 Å². The Morgan fingerprint density at radius 2 is 2.24 bits per heavy atom. The van der Waals surface area contributed by atoms with Gasteiger partial charge in [0.2, 0.25) is 10.0 Å². The average molecular weight is 315 g/mol. The zero-order valence-electron chi connectivity index (χ0n) is 11.5. The predicted molar refractivity (Wildman–Crippen MR) is 76.8 cm³/mol. The second-order valence-electron chi connectivity index (χ2n) is 4.74. The predicted octanol–water partition coefficient (Wildman–Crippen LogP) is 0.951. The monoisotopic (exact) mass is 315 g/mol. The summed E-state index contributed by atoms with van der Waals surface area (Å²) in [5.74, 6) is 0.103. The van der Waals surface area contributed by atoms with Gasteiger partial charge in [-0.15, -0.1) is 0 Å². The lowest BCUT2D eigenvalue weighted by Gasteiger charge is -2.12. The van der Waals surface area contributed by atoms with Gasteiger partial charge >= 0.3 is 5.69 Å². The van der Waals surface area contributed by atoms with E-state index in [1.54, 1.807) is 0 Å². The third-order valence-electron chi connectivity index (χ3n) is 3.33. The number of nitro benzene ring substituents is 1. The van der Waals surface area contributed by atoms with Crippen LogP contribution in [0, 0.1) is 16.0 Å². The van der Waals surface area contributed by atoms with E-state index < -0.39 is 20.6 Å². The summed E-state index contributed by atoms with van der Waals surface area (Å²) >= 11 is 0. The molecular weight excluding hydrogens is 298 g/mol.